The Morgan fingerprint density at radius 2 is 1.68 bits per heavy atom. The molecule has 1 aliphatic rings. The van der Waals surface area contributed by atoms with E-state index in [4.69, 9.17) is 5.73 Å². The Morgan fingerprint density at radius 1 is 1.00 bits per heavy atom. The van der Waals surface area contributed by atoms with Crippen LogP contribution in [0.4, 0.5) is 11.4 Å². The Hall–Kier alpha value is -1.80. The molecule has 2 nitrogen and oxygen atoms in total. The number of anilines is 2. The van der Waals surface area contributed by atoms with Crippen LogP contribution >= 0.6 is 0 Å². The Kier molecular flexibility index (Phi) is 3.26. The van der Waals surface area contributed by atoms with Gasteiger partial charge in [0, 0.05) is 24.0 Å². The molecule has 0 radical (unpaired) electrons. The summed E-state index contributed by atoms with van der Waals surface area (Å²) in [6, 6.07) is 17.2. The highest BCUT2D eigenvalue weighted by atomic mass is 15.1. The van der Waals surface area contributed by atoms with Crippen molar-refractivity contribution in [2.45, 2.75) is 25.8 Å². The van der Waals surface area contributed by atoms with E-state index in [-0.39, 0.29) is 6.04 Å². The maximum absolute atomic E-state index is 6.11. The lowest BCUT2D eigenvalue weighted by atomic mass is 9.98. The van der Waals surface area contributed by atoms with E-state index in [1.807, 2.05) is 0 Å². The predicted octanol–water partition coefficient (Wildman–Crippen LogP) is 3.79. The van der Waals surface area contributed by atoms with Crippen LogP contribution < -0.4 is 10.6 Å². The summed E-state index contributed by atoms with van der Waals surface area (Å²) in [6.45, 7) is 3.12. The van der Waals surface area contributed by atoms with Gasteiger partial charge in [0.05, 0.1) is 0 Å². The third-order valence-electron chi connectivity index (χ3n) is 3.83. The molecule has 1 aliphatic heterocycles. The zero-order valence-corrected chi connectivity index (χ0v) is 11.3. The van der Waals surface area contributed by atoms with Gasteiger partial charge in [-0.1, -0.05) is 36.4 Å². The van der Waals surface area contributed by atoms with Crippen LogP contribution in [0.15, 0.2) is 48.5 Å². The molecule has 98 valence electrons. The Morgan fingerprint density at radius 3 is 2.47 bits per heavy atom. The minimum absolute atomic E-state index is 0.0605. The summed E-state index contributed by atoms with van der Waals surface area (Å²) in [5.41, 5.74) is 11.4. The highest BCUT2D eigenvalue weighted by Crippen LogP contribution is 2.36. The van der Waals surface area contributed by atoms with Crippen molar-refractivity contribution in [1.29, 1.82) is 0 Å². The van der Waals surface area contributed by atoms with Crippen LogP contribution in [0, 0.1) is 0 Å². The van der Waals surface area contributed by atoms with Crippen molar-refractivity contribution in [2.24, 2.45) is 5.73 Å². The smallest absolute Gasteiger partial charge is 0.0459 e. The molecule has 0 spiro atoms. The maximum Gasteiger partial charge on any atom is 0.0459 e. The molecule has 2 N–H and O–H groups in total. The van der Waals surface area contributed by atoms with Gasteiger partial charge in [0.1, 0.15) is 0 Å². The van der Waals surface area contributed by atoms with E-state index in [2.05, 4.69) is 60.4 Å². The van der Waals surface area contributed by atoms with Gasteiger partial charge in [-0.05, 0) is 43.0 Å². The molecule has 0 bridgehead atoms. The standard InChI is InChI=1S/C17H20N2/c1-13(18)15-9-3-5-11-17(15)19-12-6-8-14-7-2-4-10-16(14)19/h2-5,7,9-11,13H,6,8,12,18H2,1H3. The van der Waals surface area contributed by atoms with E-state index in [0.717, 1.165) is 6.54 Å². The SMILES string of the molecule is CC(N)c1ccccc1N1CCCc2ccccc21. The van der Waals surface area contributed by atoms with Gasteiger partial charge < -0.3 is 10.6 Å². The van der Waals surface area contributed by atoms with Crippen LogP contribution in [-0.2, 0) is 6.42 Å². The van der Waals surface area contributed by atoms with Crippen LogP contribution in [0.3, 0.4) is 0 Å². The van der Waals surface area contributed by atoms with E-state index in [1.54, 1.807) is 0 Å². The highest BCUT2D eigenvalue weighted by molar-refractivity contribution is 5.70. The molecule has 19 heavy (non-hydrogen) atoms. The van der Waals surface area contributed by atoms with Crippen LogP contribution in [0.1, 0.15) is 30.5 Å². The minimum Gasteiger partial charge on any atom is -0.341 e. The van der Waals surface area contributed by atoms with Crippen LogP contribution in [0.5, 0.6) is 0 Å². The second-order valence-corrected chi connectivity index (χ2v) is 5.23. The van der Waals surface area contributed by atoms with Gasteiger partial charge in [-0.15, -0.1) is 0 Å². The molecule has 0 aliphatic carbocycles. The van der Waals surface area contributed by atoms with E-state index >= 15 is 0 Å². The quantitative estimate of drug-likeness (QED) is 0.881. The molecule has 0 saturated heterocycles. The number of hydrogen-bond donors (Lipinski definition) is 1. The molecule has 0 saturated carbocycles. The fraction of sp³-hybridized carbons (Fsp3) is 0.294. The van der Waals surface area contributed by atoms with E-state index in [9.17, 15) is 0 Å². The first-order valence-electron chi connectivity index (χ1n) is 6.97. The zero-order valence-electron chi connectivity index (χ0n) is 11.3. The Bertz CT molecular complexity index is 575. The number of rotatable bonds is 2. The van der Waals surface area contributed by atoms with E-state index in [0.29, 0.717) is 0 Å². The molecular formula is C17H20N2. The van der Waals surface area contributed by atoms with Crippen molar-refractivity contribution in [2.75, 3.05) is 11.4 Å². The lowest BCUT2D eigenvalue weighted by Crippen LogP contribution is -2.26. The number of nitrogens with two attached hydrogens (primary N) is 1. The molecule has 2 aromatic carbocycles. The third-order valence-corrected chi connectivity index (χ3v) is 3.83. The van der Waals surface area contributed by atoms with Crippen molar-refractivity contribution < 1.29 is 0 Å². The Labute approximate surface area is 114 Å². The van der Waals surface area contributed by atoms with E-state index < -0.39 is 0 Å². The lowest BCUT2D eigenvalue weighted by molar-refractivity contribution is 0.751. The third kappa shape index (κ3) is 2.24. The topological polar surface area (TPSA) is 29.3 Å². The number of benzene rings is 2. The molecule has 2 aromatic rings. The predicted molar refractivity (Wildman–Crippen MR) is 80.8 cm³/mol. The van der Waals surface area contributed by atoms with Gasteiger partial charge in [-0.2, -0.15) is 0 Å². The molecule has 1 atom stereocenters. The molecular weight excluding hydrogens is 232 g/mol. The minimum atomic E-state index is 0.0605. The van der Waals surface area contributed by atoms with Gasteiger partial charge in [-0.3, -0.25) is 0 Å². The monoisotopic (exact) mass is 252 g/mol. The second-order valence-electron chi connectivity index (χ2n) is 5.23. The number of aryl methyl sites for hydroxylation is 1. The molecule has 1 heterocycles. The summed E-state index contributed by atoms with van der Waals surface area (Å²) < 4.78 is 0. The zero-order chi connectivity index (χ0) is 13.2. The molecule has 2 heteroatoms. The van der Waals surface area contributed by atoms with Gasteiger partial charge in [-0.25, -0.2) is 0 Å². The fourth-order valence-electron chi connectivity index (χ4n) is 2.90. The van der Waals surface area contributed by atoms with Gasteiger partial charge in [0.15, 0.2) is 0 Å². The van der Waals surface area contributed by atoms with Gasteiger partial charge in [0.25, 0.3) is 0 Å². The van der Waals surface area contributed by atoms with Crippen LogP contribution in [0.2, 0.25) is 0 Å². The summed E-state index contributed by atoms with van der Waals surface area (Å²) >= 11 is 0. The molecule has 0 fully saturated rings. The molecule has 0 amide bonds. The van der Waals surface area contributed by atoms with Crippen molar-refractivity contribution in [3.8, 4) is 0 Å². The average Bonchev–Trinajstić information content (AvgIpc) is 2.46. The molecule has 3 rings (SSSR count). The van der Waals surface area contributed by atoms with Crippen molar-refractivity contribution >= 4 is 11.4 Å². The number of hydrogen-bond acceptors (Lipinski definition) is 2. The fourth-order valence-corrected chi connectivity index (χ4v) is 2.90. The summed E-state index contributed by atoms with van der Waals surface area (Å²) in [5.74, 6) is 0. The molecule has 1 unspecified atom stereocenters. The second kappa shape index (κ2) is 5.06. The first kappa shape index (κ1) is 12.2. The largest absolute Gasteiger partial charge is 0.341 e. The number of para-hydroxylation sites is 2. The van der Waals surface area contributed by atoms with E-state index in [1.165, 1.54) is 35.3 Å². The maximum atomic E-state index is 6.11. The summed E-state index contributed by atoms with van der Waals surface area (Å²) in [6.07, 6.45) is 2.37. The lowest BCUT2D eigenvalue weighted by Gasteiger charge is -2.33. The Balaban J connectivity index is 2.09. The highest BCUT2D eigenvalue weighted by Gasteiger charge is 2.20. The number of fused-ring (bicyclic) bond motifs is 1. The molecule has 0 aromatic heterocycles. The van der Waals surface area contributed by atoms with Crippen molar-refractivity contribution in [3.63, 3.8) is 0 Å². The first-order valence-corrected chi connectivity index (χ1v) is 6.97. The van der Waals surface area contributed by atoms with Crippen molar-refractivity contribution in [1.82, 2.24) is 0 Å². The van der Waals surface area contributed by atoms with Gasteiger partial charge >= 0.3 is 0 Å². The van der Waals surface area contributed by atoms with Crippen LogP contribution in [-0.4, -0.2) is 6.54 Å². The summed E-state index contributed by atoms with van der Waals surface area (Å²) in [7, 11) is 0. The van der Waals surface area contributed by atoms with Crippen LogP contribution in [0.25, 0.3) is 0 Å². The van der Waals surface area contributed by atoms with Gasteiger partial charge in [0.2, 0.25) is 0 Å². The first-order chi connectivity index (χ1) is 9.27. The summed E-state index contributed by atoms with van der Waals surface area (Å²) in [4.78, 5) is 2.41. The average molecular weight is 252 g/mol. The van der Waals surface area contributed by atoms with Crippen molar-refractivity contribution in [3.05, 3.63) is 59.7 Å². The normalized spacial score (nSPS) is 16.0. The number of nitrogens with zero attached hydrogens (tertiary/aromatic N) is 1. The summed E-state index contributed by atoms with van der Waals surface area (Å²) in [5, 5.41) is 0.